The molecule has 0 bridgehead atoms. The molecule has 2 atom stereocenters. The fourth-order valence-corrected chi connectivity index (χ4v) is 3.22. The molecular formula is C13H25NOS. The molecule has 0 saturated carbocycles. The van der Waals surface area contributed by atoms with Crippen molar-refractivity contribution in [2.24, 2.45) is 0 Å². The number of thioether (sulfide) groups is 1. The molecule has 16 heavy (non-hydrogen) atoms. The van der Waals surface area contributed by atoms with Gasteiger partial charge in [0.15, 0.2) is 0 Å². The molecule has 2 nitrogen and oxygen atoms in total. The Bertz CT molecular complexity index is 220. The summed E-state index contributed by atoms with van der Waals surface area (Å²) in [6.45, 7) is 7.41. The van der Waals surface area contributed by atoms with Crippen LogP contribution < -0.4 is 0 Å². The van der Waals surface area contributed by atoms with Gasteiger partial charge in [0.1, 0.15) is 0 Å². The Balaban J connectivity index is 2.36. The number of amides is 1. The zero-order valence-corrected chi connectivity index (χ0v) is 11.7. The maximum atomic E-state index is 12.2. The van der Waals surface area contributed by atoms with Gasteiger partial charge in [-0.05, 0) is 45.3 Å². The van der Waals surface area contributed by atoms with Crippen molar-refractivity contribution in [3.8, 4) is 0 Å². The third-order valence-corrected chi connectivity index (χ3v) is 4.53. The minimum absolute atomic E-state index is 0.145. The predicted octanol–water partition coefficient (Wildman–Crippen LogP) is 3.31. The summed E-state index contributed by atoms with van der Waals surface area (Å²) in [6, 6.07) is 0.454. The number of hydrogen-bond donors (Lipinski definition) is 0. The van der Waals surface area contributed by atoms with Crippen LogP contribution in [0, 0.1) is 0 Å². The summed E-state index contributed by atoms with van der Waals surface area (Å²) in [7, 11) is 0. The van der Waals surface area contributed by atoms with Gasteiger partial charge in [-0.1, -0.05) is 13.3 Å². The van der Waals surface area contributed by atoms with E-state index in [0.29, 0.717) is 11.9 Å². The third kappa shape index (κ3) is 4.00. The molecule has 0 radical (unpaired) electrons. The van der Waals surface area contributed by atoms with E-state index >= 15 is 0 Å². The van der Waals surface area contributed by atoms with Crippen molar-refractivity contribution in [3.05, 3.63) is 0 Å². The Morgan fingerprint density at radius 2 is 2.25 bits per heavy atom. The molecule has 1 heterocycles. The first-order valence-electron chi connectivity index (χ1n) is 6.59. The molecule has 1 aliphatic heterocycles. The lowest BCUT2D eigenvalue weighted by atomic mass is 10.0. The van der Waals surface area contributed by atoms with Crippen LogP contribution in [0.4, 0.5) is 0 Å². The number of carbonyl (C=O) groups excluding carboxylic acids is 1. The predicted molar refractivity (Wildman–Crippen MR) is 71.9 cm³/mol. The highest BCUT2D eigenvalue weighted by molar-refractivity contribution is 8.00. The fraction of sp³-hybridized carbons (Fsp3) is 0.923. The highest BCUT2D eigenvalue weighted by Crippen LogP contribution is 2.21. The standard InChI is InChI=1S/C13H25NOS/c1-4-5-10-16-12(3)13(15)14-9-7-6-8-11(14)2/h11-12H,4-10H2,1-3H3/t11-,12-/m0/s1. The van der Waals surface area contributed by atoms with Gasteiger partial charge in [0.05, 0.1) is 5.25 Å². The highest BCUT2D eigenvalue weighted by atomic mass is 32.2. The van der Waals surface area contributed by atoms with Crippen molar-refractivity contribution in [2.45, 2.75) is 64.2 Å². The Morgan fingerprint density at radius 3 is 2.88 bits per heavy atom. The van der Waals surface area contributed by atoms with E-state index in [2.05, 4.69) is 25.7 Å². The largest absolute Gasteiger partial charge is 0.339 e. The van der Waals surface area contributed by atoms with Crippen molar-refractivity contribution < 1.29 is 4.79 Å². The molecule has 0 aliphatic carbocycles. The zero-order valence-electron chi connectivity index (χ0n) is 10.9. The maximum Gasteiger partial charge on any atom is 0.235 e. The number of unbranched alkanes of at least 4 members (excludes halogenated alkanes) is 1. The second-order valence-corrected chi connectivity index (χ2v) is 6.19. The average Bonchev–Trinajstić information content (AvgIpc) is 2.29. The summed E-state index contributed by atoms with van der Waals surface area (Å²) in [5.41, 5.74) is 0. The van der Waals surface area contributed by atoms with E-state index in [-0.39, 0.29) is 5.25 Å². The first-order chi connectivity index (χ1) is 7.66. The summed E-state index contributed by atoms with van der Waals surface area (Å²) in [5.74, 6) is 1.47. The Labute approximate surface area is 104 Å². The van der Waals surface area contributed by atoms with Gasteiger partial charge in [-0.15, -0.1) is 11.8 Å². The van der Waals surface area contributed by atoms with Gasteiger partial charge in [0.25, 0.3) is 0 Å². The van der Waals surface area contributed by atoms with Crippen molar-refractivity contribution in [3.63, 3.8) is 0 Å². The van der Waals surface area contributed by atoms with E-state index in [4.69, 9.17) is 0 Å². The van der Waals surface area contributed by atoms with Crippen molar-refractivity contribution in [1.29, 1.82) is 0 Å². The quantitative estimate of drug-likeness (QED) is 0.690. The van der Waals surface area contributed by atoms with Crippen LogP contribution in [0.2, 0.25) is 0 Å². The summed E-state index contributed by atoms with van der Waals surface area (Å²) < 4.78 is 0. The van der Waals surface area contributed by atoms with Gasteiger partial charge in [-0.3, -0.25) is 4.79 Å². The van der Waals surface area contributed by atoms with E-state index in [1.54, 1.807) is 0 Å². The lowest BCUT2D eigenvalue weighted by molar-refractivity contribution is -0.133. The second kappa shape index (κ2) is 7.21. The first-order valence-corrected chi connectivity index (χ1v) is 7.63. The van der Waals surface area contributed by atoms with E-state index in [9.17, 15) is 4.79 Å². The third-order valence-electron chi connectivity index (χ3n) is 3.30. The van der Waals surface area contributed by atoms with Gasteiger partial charge < -0.3 is 4.90 Å². The van der Waals surface area contributed by atoms with Crippen LogP contribution in [0.1, 0.15) is 52.9 Å². The molecule has 94 valence electrons. The zero-order chi connectivity index (χ0) is 12.0. The summed E-state index contributed by atoms with van der Waals surface area (Å²) in [4.78, 5) is 14.3. The summed E-state index contributed by atoms with van der Waals surface area (Å²) >= 11 is 1.81. The highest BCUT2D eigenvalue weighted by Gasteiger charge is 2.26. The number of piperidine rings is 1. The number of rotatable bonds is 5. The van der Waals surface area contributed by atoms with Crippen molar-refractivity contribution in [1.82, 2.24) is 4.90 Å². The lowest BCUT2D eigenvalue weighted by Crippen LogP contribution is -2.45. The van der Waals surface area contributed by atoms with Crippen LogP contribution >= 0.6 is 11.8 Å². The molecule has 0 aromatic rings. The lowest BCUT2D eigenvalue weighted by Gasteiger charge is -2.35. The first kappa shape index (κ1) is 13.9. The number of carbonyl (C=O) groups is 1. The van der Waals surface area contributed by atoms with E-state index in [0.717, 1.165) is 12.3 Å². The molecular weight excluding hydrogens is 218 g/mol. The smallest absolute Gasteiger partial charge is 0.235 e. The van der Waals surface area contributed by atoms with Gasteiger partial charge >= 0.3 is 0 Å². The summed E-state index contributed by atoms with van der Waals surface area (Å²) in [6.07, 6.45) is 6.08. The van der Waals surface area contributed by atoms with E-state index < -0.39 is 0 Å². The summed E-state index contributed by atoms with van der Waals surface area (Å²) in [5, 5.41) is 0.145. The van der Waals surface area contributed by atoms with Crippen LogP contribution in [-0.2, 0) is 4.79 Å². The SMILES string of the molecule is CCCCS[C@@H](C)C(=O)N1CCCC[C@@H]1C. The van der Waals surface area contributed by atoms with Gasteiger partial charge in [-0.25, -0.2) is 0 Å². The molecule has 0 aromatic heterocycles. The second-order valence-electron chi connectivity index (χ2n) is 4.74. The molecule has 1 amide bonds. The maximum absolute atomic E-state index is 12.2. The number of nitrogens with zero attached hydrogens (tertiary/aromatic N) is 1. The number of hydrogen-bond acceptors (Lipinski definition) is 2. The Hall–Kier alpha value is -0.180. The molecule has 0 aromatic carbocycles. The minimum atomic E-state index is 0.145. The molecule has 0 N–H and O–H groups in total. The van der Waals surface area contributed by atoms with Crippen LogP contribution in [0.15, 0.2) is 0 Å². The van der Waals surface area contributed by atoms with Crippen LogP contribution in [0.5, 0.6) is 0 Å². The van der Waals surface area contributed by atoms with Gasteiger partial charge in [0.2, 0.25) is 5.91 Å². The van der Waals surface area contributed by atoms with Crippen LogP contribution in [0.3, 0.4) is 0 Å². The normalized spacial score (nSPS) is 23.2. The Morgan fingerprint density at radius 1 is 1.50 bits per heavy atom. The van der Waals surface area contributed by atoms with E-state index in [1.165, 1.54) is 32.1 Å². The Kier molecular flexibility index (Phi) is 6.25. The fourth-order valence-electron chi connectivity index (χ4n) is 2.13. The van der Waals surface area contributed by atoms with Crippen LogP contribution in [0.25, 0.3) is 0 Å². The molecule has 1 aliphatic rings. The monoisotopic (exact) mass is 243 g/mol. The molecule has 1 fully saturated rings. The topological polar surface area (TPSA) is 20.3 Å². The molecule has 3 heteroatoms. The van der Waals surface area contributed by atoms with Gasteiger partial charge in [-0.2, -0.15) is 0 Å². The average molecular weight is 243 g/mol. The molecule has 0 spiro atoms. The van der Waals surface area contributed by atoms with Crippen molar-refractivity contribution in [2.75, 3.05) is 12.3 Å². The number of likely N-dealkylation sites (tertiary alicyclic amines) is 1. The minimum Gasteiger partial charge on any atom is -0.339 e. The van der Waals surface area contributed by atoms with Crippen LogP contribution in [-0.4, -0.2) is 34.4 Å². The molecule has 0 unspecified atom stereocenters. The van der Waals surface area contributed by atoms with Gasteiger partial charge in [0, 0.05) is 12.6 Å². The van der Waals surface area contributed by atoms with E-state index in [1.807, 2.05) is 11.8 Å². The van der Waals surface area contributed by atoms with Crippen molar-refractivity contribution >= 4 is 17.7 Å². The molecule has 1 saturated heterocycles. The molecule has 1 rings (SSSR count).